The summed E-state index contributed by atoms with van der Waals surface area (Å²) in [5.74, 6) is -2.10. The molecule has 0 fully saturated rings. The number of aryl methyl sites for hydroxylation is 1. The Bertz CT molecular complexity index is 732. The van der Waals surface area contributed by atoms with Crippen LogP contribution >= 0.6 is 0 Å². The van der Waals surface area contributed by atoms with Crippen molar-refractivity contribution >= 4 is 18.0 Å². The van der Waals surface area contributed by atoms with Crippen LogP contribution in [0.15, 0.2) is 17.1 Å². The molecule has 1 rings (SSSR count). The van der Waals surface area contributed by atoms with E-state index in [2.05, 4.69) is 5.32 Å². The maximum atomic E-state index is 12.0. The molecule has 0 aromatic carbocycles. The number of carboxylic acids is 1. The number of carbonyl (C=O) groups excluding carboxylic acids is 2. The lowest BCUT2D eigenvalue weighted by molar-refractivity contribution is 0.0501. The second kappa shape index (κ2) is 9.02. The molecule has 1 aromatic heterocycles. The molecule has 0 spiro atoms. The van der Waals surface area contributed by atoms with Crippen molar-refractivity contribution in [3.05, 3.63) is 33.7 Å². The van der Waals surface area contributed by atoms with E-state index >= 15 is 0 Å². The van der Waals surface area contributed by atoms with Gasteiger partial charge >= 0.3 is 18.0 Å². The molecular weight excluding hydrogens is 344 g/mol. The topological polar surface area (TPSA) is 124 Å². The molecule has 0 aliphatic rings. The third-order valence-corrected chi connectivity index (χ3v) is 3.09. The number of nitrogens with zero attached hydrogens (tertiary/aromatic N) is 1. The Balaban J connectivity index is 2.84. The van der Waals surface area contributed by atoms with E-state index in [4.69, 9.17) is 14.6 Å². The zero-order chi connectivity index (χ0) is 19.9. The van der Waals surface area contributed by atoms with E-state index in [-0.39, 0.29) is 25.4 Å². The average molecular weight is 368 g/mol. The number of carboxylic acid groups (broad SMARTS) is 1. The number of hydrogen-bond acceptors (Lipinski definition) is 6. The van der Waals surface area contributed by atoms with Gasteiger partial charge in [0.1, 0.15) is 16.9 Å². The molecule has 0 aliphatic heterocycles. The van der Waals surface area contributed by atoms with Crippen LogP contribution in [0.5, 0.6) is 0 Å². The largest absolute Gasteiger partial charge is 0.477 e. The summed E-state index contributed by atoms with van der Waals surface area (Å²) in [6.45, 7) is 7.41. The maximum Gasteiger partial charge on any atom is 0.407 e. The predicted molar refractivity (Wildman–Crippen MR) is 92.5 cm³/mol. The minimum atomic E-state index is -1.38. The van der Waals surface area contributed by atoms with Gasteiger partial charge in [-0.2, -0.15) is 0 Å². The number of aromatic nitrogens is 1. The van der Waals surface area contributed by atoms with Crippen LogP contribution in [0.3, 0.4) is 0 Å². The number of hydrogen-bond donors (Lipinski definition) is 2. The highest BCUT2D eigenvalue weighted by molar-refractivity contribution is 5.90. The van der Waals surface area contributed by atoms with Gasteiger partial charge in [-0.3, -0.25) is 4.79 Å². The highest BCUT2D eigenvalue weighted by atomic mass is 16.6. The summed E-state index contributed by atoms with van der Waals surface area (Å²) in [5, 5.41) is 11.6. The Labute approximate surface area is 150 Å². The Morgan fingerprint density at radius 1 is 1.27 bits per heavy atom. The first-order valence-corrected chi connectivity index (χ1v) is 8.17. The van der Waals surface area contributed by atoms with Gasteiger partial charge in [-0.15, -0.1) is 0 Å². The van der Waals surface area contributed by atoms with Crippen molar-refractivity contribution < 1.29 is 29.0 Å². The number of amides is 1. The quantitative estimate of drug-likeness (QED) is 0.554. The summed E-state index contributed by atoms with van der Waals surface area (Å²) in [5.41, 5.74) is -1.88. The summed E-state index contributed by atoms with van der Waals surface area (Å²) >= 11 is 0. The van der Waals surface area contributed by atoms with Crippen molar-refractivity contribution in [2.45, 2.75) is 46.3 Å². The van der Waals surface area contributed by atoms with E-state index in [9.17, 15) is 19.2 Å². The van der Waals surface area contributed by atoms with Crippen LogP contribution in [0.2, 0.25) is 0 Å². The van der Waals surface area contributed by atoms with E-state index in [1.54, 1.807) is 27.7 Å². The van der Waals surface area contributed by atoms with E-state index in [1.807, 2.05) is 0 Å². The van der Waals surface area contributed by atoms with Gasteiger partial charge in [-0.05, 0) is 34.1 Å². The number of aromatic carboxylic acids is 1. The highest BCUT2D eigenvalue weighted by Gasteiger charge is 2.18. The Kier molecular flexibility index (Phi) is 7.36. The lowest BCUT2D eigenvalue weighted by Crippen LogP contribution is -2.33. The molecule has 0 bridgehead atoms. The fourth-order valence-electron chi connectivity index (χ4n) is 2.05. The van der Waals surface area contributed by atoms with Crippen molar-refractivity contribution in [3.8, 4) is 0 Å². The summed E-state index contributed by atoms with van der Waals surface area (Å²) < 4.78 is 11.3. The van der Waals surface area contributed by atoms with Crippen LogP contribution < -0.4 is 10.7 Å². The molecule has 9 heteroatoms. The number of rotatable bonds is 7. The van der Waals surface area contributed by atoms with Gasteiger partial charge in [0.05, 0.1) is 6.61 Å². The third-order valence-electron chi connectivity index (χ3n) is 3.09. The molecule has 0 saturated heterocycles. The number of carbonyl (C=O) groups is 3. The van der Waals surface area contributed by atoms with Crippen molar-refractivity contribution in [1.29, 1.82) is 0 Å². The van der Waals surface area contributed by atoms with E-state index < -0.39 is 34.6 Å². The van der Waals surface area contributed by atoms with E-state index in [1.165, 1.54) is 4.57 Å². The van der Waals surface area contributed by atoms with Crippen LogP contribution in [0.1, 0.15) is 55.0 Å². The van der Waals surface area contributed by atoms with Crippen LogP contribution in [0.25, 0.3) is 0 Å². The molecule has 0 radical (unpaired) electrons. The first kappa shape index (κ1) is 21.2. The Morgan fingerprint density at radius 2 is 1.92 bits per heavy atom. The first-order valence-electron chi connectivity index (χ1n) is 8.17. The molecule has 2 N–H and O–H groups in total. The second-order valence-electron chi connectivity index (χ2n) is 6.44. The summed E-state index contributed by atoms with van der Waals surface area (Å²) in [7, 11) is 0. The minimum absolute atomic E-state index is 0.0425. The monoisotopic (exact) mass is 368 g/mol. The number of ether oxygens (including phenoxy) is 2. The van der Waals surface area contributed by atoms with Gasteiger partial charge in [0.2, 0.25) is 0 Å². The van der Waals surface area contributed by atoms with Crippen LogP contribution in [0, 0.1) is 0 Å². The number of nitrogens with one attached hydrogen (secondary N) is 1. The lowest BCUT2D eigenvalue weighted by atomic mass is 10.2. The molecule has 1 heterocycles. The van der Waals surface area contributed by atoms with Crippen molar-refractivity contribution in [2.75, 3.05) is 13.2 Å². The molecule has 1 aromatic rings. The minimum Gasteiger partial charge on any atom is -0.477 e. The fraction of sp³-hybridized carbons (Fsp3) is 0.529. The zero-order valence-electron chi connectivity index (χ0n) is 15.3. The molecule has 1 amide bonds. The molecule has 0 saturated carbocycles. The standard InChI is InChI=1S/C17H24N2O7/c1-5-25-15(23)12-9-13(20)11(14(21)22)10-19(12)8-6-7-18-16(24)26-17(2,3)4/h9-10H,5-8H2,1-4H3,(H,18,24)(H,21,22). The van der Waals surface area contributed by atoms with Gasteiger partial charge in [0, 0.05) is 25.4 Å². The summed E-state index contributed by atoms with van der Waals surface area (Å²) in [6, 6.07) is 0.947. The van der Waals surface area contributed by atoms with Crippen molar-refractivity contribution in [2.24, 2.45) is 0 Å². The van der Waals surface area contributed by atoms with Crippen LogP contribution in [-0.2, 0) is 16.0 Å². The zero-order valence-corrected chi connectivity index (χ0v) is 15.3. The highest BCUT2D eigenvalue weighted by Crippen LogP contribution is 2.07. The summed E-state index contributed by atoms with van der Waals surface area (Å²) in [4.78, 5) is 46.5. The third kappa shape index (κ3) is 6.58. The van der Waals surface area contributed by atoms with Gasteiger partial charge in [0.25, 0.3) is 0 Å². The van der Waals surface area contributed by atoms with Gasteiger partial charge < -0.3 is 24.5 Å². The molecule has 26 heavy (non-hydrogen) atoms. The average Bonchev–Trinajstić information content (AvgIpc) is 2.50. The number of esters is 1. The number of alkyl carbamates (subject to hydrolysis) is 1. The SMILES string of the molecule is CCOC(=O)c1cc(=O)c(C(=O)O)cn1CCCNC(=O)OC(C)(C)C. The molecule has 144 valence electrons. The fourth-order valence-corrected chi connectivity index (χ4v) is 2.05. The maximum absolute atomic E-state index is 12.0. The molecular formula is C17H24N2O7. The van der Waals surface area contributed by atoms with Crippen molar-refractivity contribution in [3.63, 3.8) is 0 Å². The van der Waals surface area contributed by atoms with Gasteiger partial charge in [-0.1, -0.05) is 0 Å². The summed E-state index contributed by atoms with van der Waals surface area (Å²) in [6.07, 6.45) is 0.909. The van der Waals surface area contributed by atoms with Crippen LogP contribution in [-0.4, -0.2) is 46.5 Å². The smallest absolute Gasteiger partial charge is 0.407 e. The second-order valence-corrected chi connectivity index (χ2v) is 6.44. The molecule has 0 unspecified atom stereocenters. The van der Waals surface area contributed by atoms with E-state index in [0.29, 0.717) is 6.42 Å². The number of pyridine rings is 1. The molecule has 0 atom stereocenters. The van der Waals surface area contributed by atoms with Gasteiger partial charge in [0.15, 0.2) is 5.43 Å². The van der Waals surface area contributed by atoms with Crippen molar-refractivity contribution in [1.82, 2.24) is 9.88 Å². The van der Waals surface area contributed by atoms with E-state index in [0.717, 1.165) is 12.3 Å². The molecule has 9 nitrogen and oxygen atoms in total. The van der Waals surface area contributed by atoms with Crippen LogP contribution in [0.4, 0.5) is 4.79 Å². The lowest BCUT2D eigenvalue weighted by Gasteiger charge is -2.19. The molecule has 0 aliphatic carbocycles. The first-order chi connectivity index (χ1) is 12.0. The Morgan fingerprint density at radius 3 is 2.46 bits per heavy atom. The van der Waals surface area contributed by atoms with Gasteiger partial charge in [-0.25, -0.2) is 14.4 Å². The predicted octanol–water partition coefficient (Wildman–Crippen LogP) is 1.64. The normalized spacial score (nSPS) is 10.9. The Hall–Kier alpha value is -2.84.